The average molecular weight is 298 g/mol. The Kier molecular flexibility index (Phi) is 3.68. The predicted molar refractivity (Wildman–Crippen MR) is 86.8 cm³/mol. The van der Waals surface area contributed by atoms with E-state index in [2.05, 4.69) is 52.9 Å². The molecule has 1 N–H and O–H groups in total. The zero-order valence-corrected chi connectivity index (χ0v) is 13.6. The van der Waals surface area contributed by atoms with Crippen LogP contribution in [0.4, 0.5) is 11.8 Å². The Labute approximate surface area is 131 Å². The third kappa shape index (κ3) is 2.86. The molecule has 0 aliphatic carbocycles. The molecule has 22 heavy (non-hydrogen) atoms. The maximum Gasteiger partial charge on any atom is 0.227 e. The first-order valence-corrected chi connectivity index (χ1v) is 7.64. The van der Waals surface area contributed by atoms with Gasteiger partial charge < -0.3 is 10.2 Å². The number of rotatable bonds is 3. The molecular formula is C16H22N6. The smallest absolute Gasteiger partial charge is 0.227 e. The fraction of sp³-hybridized carbons (Fsp3) is 0.500. The highest BCUT2D eigenvalue weighted by molar-refractivity contribution is 5.45. The number of fused-ring (bicyclic) bond motifs is 1. The highest BCUT2D eigenvalue weighted by Gasteiger charge is 2.26. The van der Waals surface area contributed by atoms with E-state index in [1.807, 2.05) is 12.3 Å². The Hall–Kier alpha value is -2.24. The van der Waals surface area contributed by atoms with E-state index in [4.69, 9.17) is 4.98 Å². The molecule has 0 radical (unpaired) electrons. The molecule has 0 saturated carbocycles. The summed E-state index contributed by atoms with van der Waals surface area (Å²) in [6.07, 6.45) is 3.73. The van der Waals surface area contributed by atoms with Crippen molar-refractivity contribution in [3.8, 4) is 0 Å². The van der Waals surface area contributed by atoms with E-state index < -0.39 is 0 Å². The molecule has 2 aromatic rings. The first-order chi connectivity index (χ1) is 10.5. The van der Waals surface area contributed by atoms with Crippen molar-refractivity contribution in [2.75, 3.05) is 16.8 Å². The first kappa shape index (κ1) is 14.7. The van der Waals surface area contributed by atoms with Gasteiger partial charge in [-0.05, 0) is 13.0 Å². The van der Waals surface area contributed by atoms with Crippen LogP contribution in [0.1, 0.15) is 44.8 Å². The molecular weight excluding hydrogens is 276 g/mol. The molecule has 1 aliphatic heterocycles. The van der Waals surface area contributed by atoms with Crippen LogP contribution in [0.15, 0.2) is 18.5 Å². The van der Waals surface area contributed by atoms with Crippen molar-refractivity contribution in [2.45, 2.75) is 46.2 Å². The summed E-state index contributed by atoms with van der Waals surface area (Å²) in [4.78, 5) is 20.3. The Bertz CT molecular complexity index is 677. The molecule has 3 rings (SSSR count). The lowest BCUT2D eigenvalue weighted by Crippen LogP contribution is -2.19. The van der Waals surface area contributed by atoms with Gasteiger partial charge in [0, 0.05) is 36.5 Å². The maximum absolute atomic E-state index is 4.74. The van der Waals surface area contributed by atoms with E-state index in [-0.39, 0.29) is 5.41 Å². The van der Waals surface area contributed by atoms with Gasteiger partial charge in [-0.25, -0.2) is 15.0 Å². The zero-order chi connectivity index (χ0) is 15.7. The minimum atomic E-state index is -0.0378. The lowest BCUT2D eigenvalue weighted by molar-refractivity contribution is 0.541. The number of hydrogen-bond acceptors (Lipinski definition) is 6. The monoisotopic (exact) mass is 298 g/mol. The van der Waals surface area contributed by atoms with Gasteiger partial charge in [-0.15, -0.1) is 0 Å². The van der Waals surface area contributed by atoms with Crippen molar-refractivity contribution in [3.63, 3.8) is 0 Å². The SMILES string of the molecule is CCNc1ccnc(N2Cc3cnc(C(C)(C)C)nc3C2)n1. The Morgan fingerprint density at radius 1 is 1.18 bits per heavy atom. The molecule has 0 fully saturated rings. The van der Waals surface area contributed by atoms with Crippen molar-refractivity contribution in [2.24, 2.45) is 0 Å². The molecule has 0 amide bonds. The minimum Gasteiger partial charge on any atom is -0.370 e. The Balaban J connectivity index is 1.84. The largest absolute Gasteiger partial charge is 0.370 e. The van der Waals surface area contributed by atoms with Crippen LogP contribution >= 0.6 is 0 Å². The number of nitrogens with one attached hydrogen (secondary N) is 1. The fourth-order valence-corrected chi connectivity index (χ4v) is 2.44. The summed E-state index contributed by atoms with van der Waals surface area (Å²) >= 11 is 0. The van der Waals surface area contributed by atoms with Crippen molar-refractivity contribution in [1.29, 1.82) is 0 Å². The molecule has 0 aromatic carbocycles. The normalized spacial score (nSPS) is 14.1. The standard InChI is InChI=1S/C16H22N6/c1-5-17-13-6-7-18-15(21-13)22-9-11-8-19-14(16(2,3)4)20-12(11)10-22/h6-8H,5,9-10H2,1-4H3,(H,17,18,21). The van der Waals surface area contributed by atoms with Gasteiger partial charge >= 0.3 is 0 Å². The van der Waals surface area contributed by atoms with Gasteiger partial charge in [0.15, 0.2) is 0 Å². The van der Waals surface area contributed by atoms with Crippen LogP contribution in [0, 0.1) is 0 Å². The lowest BCUT2D eigenvalue weighted by Gasteiger charge is -2.16. The van der Waals surface area contributed by atoms with Gasteiger partial charge in [-0.3, -0.25) is 0 Å². The summed E-state index contributed by atoms with van der Waals surface area (Å²) < 4.78 is 0. The van der Waals surface area contributed by atoms with E-state index >= 15 is 0 Å². The molecule has 6 nitrogen and oxygen atoms in total. The first-order valence-electron chi connectivity index (χ1n) is 7.64. The molecule has 2 aromatic heterocycles. The summed E-state index contributed by atoms with van der Waals surface area (Å²) in [6, 6.07) is 1.88. The molecule has 0 spiro atoms. The van der Waals surface area contributed by atoms with Gasteiger partial charge in [-0.2, -0.15) is 4.98 Å². The van der Waals surface area contributed by atoms with Gasteiger partial charge in [0.05, 0.1) is 12.2 Å². The summed E-state index contributed by atoms with van der Waals surface area (Å²) in [5.74, 6) is 2.47. The topological polar surface area (TPSA) is 66.8 Å². The lowest BCUT2D eigenvalue weighted by atomic mass is 9.95. The van der Waals surface area contributed by atoms with Crippen LogP contribution in [0.5, 0.6) is 0 Å². The van der Waals surface area contributed by atoms with Crippen LogP contribution in [0.25, 0.3) is 0 Å². The summed E-state index contributed by atoms with van der Waals surface area (Å²) in [7, 11) is 0. The zero-order valence-electron chi connectivity index (χ0n) is 13.6. The van der Waals surface area contributed by atoms with E-state index in [9.17, 15) is 0 Å². The van der Waals surface area contributed by atoms with Crippen LogP contribution in [-0.2, 0) is 18.5 Å². The van der Waals surface area contributed by atoms with Gasteiger partial charge in [-0.1, -0.05) is 20.8 Å². The second-order valence-corrected chi connectivity index (χ2v) is 6.54. The average Bonchev–Trinajstić information content (AvgIpc) is 2.90. The Morgan fingerprint density at radius 2 is 2.00 bits per heavy atom. The molecule has 0 bridgehead atoms. The van der Waals surface area contributed by atoms with Crippen molar-refractivity contribution >= 4 is 11.8 Å². The van der Waals surface area contributed by atoms with Crippen molar-refractivity contribution < 1.29 is 0 Å². The fourth-order valence-electron chi connectivity index (χ4n) is 2.44. The van der Waals surface area contributed by atoms with E-state index in [0.717, 1.165) is 48.5 Å². The van der Waals surface area contributed by atoms with Gasteiger partial charge in [0.1, 0.15) is 11.6 Å². The van der Waals surface area contributed by atoms with Crippen LogP contribution in [0.2, 0.25) is 0 Å². The minimum absolute atomic E-state index is 0.0378. The third-order valence-electron chi connectivity index (χ3n) is 3.61. The van der Waals surface area contributed by atoms with Crippen LogP contribution in [0.3, 0.4) is 0 Å². The molecule has 0 unspecified atom stereocenters. The molecule has 116 valence electrons. The molecule has 0 atom stereocenters. The number of hydrogen-bond donors (Lipinski definition) is 1. The molecule has 0 saturated heterocycles. The molecule has 6 heteroatoms. The summed E-state index contributed by atoms with van der Waals surface area (Å²) in [5, 5.41) is 3.22. The summed E-state index contributed by atoms with van der Waals surface area (Å²) in [6.45, 7) is 10.8. The second-order valence-electron chi connectivity index (χ2n) is 6.54. The quantitative estimate of drug-likeness (QED) is 0.939. The number of aromatic nitrogens is 4. The second kappa shape index (κ2) is 5.51. The van der Waals surface area contributed by atoms with Gasteiger partial charge in [0.2, 0.25) is 5.95 Å². The highest BCUT2D eigenvalue weighted by atomic mass is 15.3. The van der Waals surface area contributed by atoms with Gasteiger partial charge in [0.25, 0.3) is 0 Å². The van der Waals surface area contributed by atoms with E-state index in [0.29, 0.717) is 0 Å². The maximum atomic E-state index is 4.74. The van der Waals surface area contributed by atoms with E-state index in [1.165, 1.54) is 0 Å². The number of nitrogens with zero attached hydrogens (tertiary/aromatic N) is 5. The van der Waals surface area contributed by atoms with Crippen LogP contribution in [-0.4, -0.2) is 26.5 Å². The number of anilines is 2. The predicted octanol–water partition coefficient (Wildman–Crippen LogP) is 2.52. The van der Waals surface area contributed by atoms with Crippen molar-refractivity contribution in [3.05, 3.63) is 35.5 Å². The molecule has 1 aliphatic rings. The molecule has 3 heterocycles. The summed E-state index contributed by atoms with van der Waals surface area (Å²) in [5.41, 5.74) is 2.20. The van der Waals surface area contributed by atoms with Crippen LogP contribution < -0.4 is 10.2 Å². The van der Waals surface area contributed by atoms with E-state index in [1.54, 1.807) is 6.20 Å². The third-order valence-corrected chi connectivity index (χ3v) is 3.61. The van der Waals surface area contributed by atoms with Crippen molar-refractivity contribution in [1.82, 2.24) is 19.9 Å². The highest BCUT2D eigenvalue weighted by Crippen LogP contribution is 2.27. The Morgan fingerprint density at radius 3 is 2.73 bits per heavy atom.